The van der Waals surface area contributed by atoms with E-state index in [1.807, 2.05) is 41.8 Å². The first-order chi connectivity index (χ1) is 10.5. The van der Waals surface area contributed by atoms with E-state index < -0.39 is 12.0 Å². The van der Waals surface area contributed by atoms with E-state index in [0.717, 1.165) is 14.9 Å². The number of hydrogen-bond donors (Lipinski definition) is 2. The quantitative estimate of drug-likeness (QED) is 0.773. The smallest absolute Gasteiger partial charge is 0.326 e. The number of carboxylic acid groups (broad SMARTS) is 1. The lowest BCUT2D eigenvalue weighted by Crippen LogP contribution is -2.42. The minimum atomic E-state index is -1.02. The summed E-state index contributed by atoms with van der Waals surface area (Å²) in [6, 6.07) is 10.4. The molecule has 1 aromatic heterocycles. The molecule has 1 aromatic carbocycles. The largest absolute Gasteiger partial charge is 0.480 e. The van der Waals surface area contributed by atoms with E-state index in [-0.39, 0.29) is 18.7 Å². The number of rotatable bonds is 7. The molecule has 6 heteroatoms. The number of aryl methyl sites for hydroxylation is 1. The predicted octanol–water partition coefficient (Wildman–Crippen LogP) is 3.26. The Morgan fingerprint density at radius 1 is 1.27 bits per heavy atom. The molecule has 2 N–H and O–H groups in total. The molecule has 22 heavy (non-hydrogen) atoms. The van der Waals surface area contributed by atoms with Crippen LogP contribution in [-0.2, 0) is 22.4 Å². The molecule has 1 amide bonds. The van der Waals surface area contributed by atoms with E-state index in [1.165, 1.54) is 0 Å². The summed E-state index contributed by atoms with van der Waals surface area (Å²) >= 11 is 4.94. The molecule has 0 radical (unpaired) electrons. The monoisotopic (exact) mass is 381 g/mol. The minimum Gasteiger partial charge on any atom is -0.480 e. The van der Waals surface area contributed by atoms with Crippen molar-refractivity contribution >= 4 is 39.1 Å². The molecule has 0 fully saturated rings. The Balaban J connectivity index is 1.87. The Hall–Kier alpha value is -1.66. The maximum atomic E-state index is 11.9. The Bertz CT molecular complexity index is 642. The van der Waals surface area contributed by atoms with Crippen molar-refractivity contribution in [3.05, 3.63) is 56.7 Å². The standard InChI is InChI=1S/C16H16BrNO3S/c17-12-9-13(22-10-12)6-7-15(19)18-14(16(20)21)8-11-4-2-1-3-5-11/h1-5,9-10,14H,6-8H2,(H,18,19)(H,20,21)/t14-/m1/s1. The predicted molar refractivity (Wildman–Crippen MR) is 90.1 cm³/mol. The van der Waals surface area contributed by atoms with Gasteiger partial charge in [0.2, 0.25) is 5.91 Å². The van der Waals surface area contributed by atoms with Gasteiger partial charge in [0.05, 0.1) is 0 Å². The summed E-state index contributed by atoms with van der Waals surface area (Å²) in [5.74, 6) is -1.26. The first-order valence-corrected chi connectivity index (χ1v) is 8.51. The van der Waals surface area contributed by atoms with Gasteiger partial charge in [-0.05, 0) is 34.0 Å². The van der Waals surface area contributed by atoms with Crippen molar-refractivity contribution < 1.29 is 14.7 Å². The Morgan fingerprint density at radius 2 is 2.00 bits per heavy atom. The Morgan fingerprint density at radius 3 is 2.59 bits per heavy atom. The van der Waals surface area contributed by atoms with Gasteiger partial charge in [0.15, 0.2) is 0 Å². The Kier molecular flexibility index (Phi) is 6.15. The van der Waals surface area contributed by atoms with E-state index in [4.69, 9.17) is 0 Å². The van der Waals surface area contributed by atoms with Gasteiger partial charge in [-0.3, -0.25) is 4.79 Å². The number of nitrogens with one attached hydrogen (secondary N) is 1. The second-order valence-corrected chi connectivity index (χ2v) is 6.79. The average Bonchev–Trinajstić information content (AvgIpc) is 2.91. The first kappa shape index (κ1) is 16.7. The highest BCUT2D eigenvalue weighted by atomic mass is 79.9. The van der Waals surface area contributed by atoms with Crippen molar-refractivity contribution in [2.45, 2.75) is 25.3 Å². The van der Waals surface area contributed by atoms with Crippen LogP contribution in [0.4, 0.5) is 0 Å². The molecule has 2 rings (SSSR count). The van der Waals surface area contributed by atoms with E-state index in [9.17, 15) is 14.7 Å². The number of benzene rings is 1. The molecule has 0 aliphatic heterocycles. The Labute approximate surface area is 141 Å². The van der Waals surface area contributed by atoms with Crippen molar-refractivity contribution in [3.8, 4) is 0 Å². The lowest BCUT2D eigenvalue weighted by Gasteiger charge is -2.14. The van der Waals surface area contributed by atoms with Gasteiger partial charge in [-0.2, -0.15) is 0 Å². The average molecular weight is 382 g/mol. The van der Waals surface area contributed by atoms with Gasteiger partial charge in [0.1, 0.15) is 6.04 Å². The van der Waals surface area contributed by atoms with Gasteiger partial charge in [0, 0.05) is 27.6 Å². The lowest BCUT2D eigenvalue weighted by molar-refractivity contribution is -0.141. The third kappa shape index (κ3) is 5.27. The molecule has 0 saturated heterocycles. The molecule has 0 unspecified atom stereocenters. The number of aliphatic carboxylic acids is 1. The maximum Gasteiger partial charge on any atom is 0.326 e. The fourth-order valence-electron chi connectivity index (χ4n) is 2.04. The highest BCUT2D eigenvalue weighted by Gasteiger charge is 2.20. The maximum absolute atomic E-state index is 11.9. The van der Waals surface area contributed by atoms with Crippen LogP contribution in [0.2, 0.25) is 0 Å². The third-order valence-corrected chi connectivity index (χ3v) is 4.89. The summed E-state index contributed by atoms with van der Waals surface area (Å²) in [5.41, 5.74) is 0.886. The summed E-state index contributed by atoms with van der Waals surface area (Å²) in [6.45, 7) is 0. The molecular weight excluding hydrogens is 366 g/mol. The van der Waals surface area contributed by atoms with Gasteiger partial charge < -0.3 is 10.4 Å². The molecule has 2 aromatic rings. The van der Waals surface area contributed by atoms with Crippen LogP contribution in [0.3, 0.4) is 0 Å². The zero-order chi connectivity index (χ0) is 15.9. The molecule has 1 atom stereocenters. The summed E-state index contributed by atoms with van der Waals surface area (Å²) in [5, 5.41) is 13.8. The molecule has 116 valence electrons. The number of thiophene rings is 1. The van der Waals surface area contributed by atoms with Crippen LogP contribution in [0.25, 0.3) is 0 Å². The summed E-state index contributed by atoms with van der Waals surface area (Å²) < 4.78 is 1.00. The number of halogens is 1. The topological polar surface area (TPSA) is 66.4 Å². The van der Waals surface area contributed by atoms with Crippen LogP contribution in [0, 0.1) is 0 Å². The van der Waals surface area contributed by atoms with E-state index in [0.29, 0.717) is 6.42 Å². The zero-order valence-corrected chi connectivity index (χ0v) is 14.2. The number of hydrogen-bond acceptors (Lipinski definition) is 3. The van der Waals surface area contributed by atoms with Crippen molar-refractivity contribution in [1.29, 1.82) is 0 Å². The first-order valence-electron chi connectivity index (χ1n) is 6.83. The number of amides is 1. The molecule has 0 aliphatic carbocycles. The van der Waals surface area contributed by atoms with E-state index in [1.54, 1.807) is 11.3 Å². The summed E-state index contributed by atoms with van der Waals surface area (Å²) in [4.78, 5) is 24.3. The fourth-order valence-corrected chi connectivity index (χ4v) is 3.49. The SMILES string of the molecule is O=C(CCc1cc(Br)cs1)N[C@H](Cc1ccccc1)C(=O)O. The van der Waals surface area contributed by atoms with Gasteiger partial charge in [0.25, 0.3) is 0 Å². The molecule has 0 spiro atoms. The van der Waals surface area contributed by atoms with Gasteiger partial charge in [-0.25, -0.2) is 4.79 Å². The number of carbonyl (C=O) groups is 2. The fraction of sp³-hybridized carbons (Fsp3) is 0.250. The van der Waals surface area contributed by atoms with Crippen LogP contribution < -0.4 is 5.32 Å². The van der Waals surface area contributed by atoms with Crippen LogP contribution in [0.15, 0.2) is 46.3 Å². The van der Waals surface area contributed by atoms with Crippen molar-refractivity contribution in [2.75, 3.05) is 0 Å². The van der Waals surface area contributed by atoms with Gasteiger partial charge >= 0.3 is 5.97 Å². The summed E-state index contributed by atoms with van der Waals surface area (Å²) in [7, 11) is 0. The highest BCUT2D eigenvalue weighted by molar-refractivity contribution is 9.10. The van der Waals surface area contributed by atoms with Gasteiger partial charge in [-0.15, -0.1) is 11.3 Å². The molecule has 4 nitrogen and oxygen atoms in total. The molecule has 0 bridgehead atoms. The molecule has 1 heterocycles. The molecular formula is C16H16BrNO3S. The normalized spacial score (nSPS) is 11.9. The van der Waals surface area contributed by atoms with E-state index >= 15 is 0 Å². The summed E-state index contributed by atoms with van der Waals surface area (Å²) in [6.07, 6.45) is 1.18. The van der Waals surface area contributed by atoms with Crippen molar-refractivity contribution in [1.82, 2.24) is 5.32 Å². The zero-order valence-electron chi connectivity index (χ0n) is 11.8. The van der Waals surface area contributed by atoms with E-state index in [2.05, 4.69) is 21.2 Å². The molecule has 0 saturated carbocycles. The highest BCUT2D eigenvalue weighted by Crippen LogP contribution is 2.20. The minimum absolute atomic E-state index is 0.243. The molecule has 0 aliphatic rings. The number of carbonyl (C=O) groups excluding carboxylic acids is 1. The van der Waals surface area contributed by atoms with Crippen LogP contribution >= 0.6 is 27.3 Å². The van der Waals surface area contributed by atoms with Crippen LogP contribution in [0.1, 0.15) is 16.9 Å². The van der Waals surface area contributed by atoms with Crippen LogP contribution in [0.5, 0.6) is 0 Å². The second kappa shape index (κ2) is 8.10. The van der Waals surface area contributed by atoms with Crippen molar-refractivity contribution in [2.24, 2.45) is 0 Å². The second-order valence-electron chi connectivity index (χ2n) is 4.88. The lowest BCUT2D eigenvalue weighted by atomic mass is 10.1. The van der Waals surface area contributed by atoms with Crippen LogP contribution in [-0.4, -0.2) is 23.0 Å². The third-order valence-electron chi connectivity index (χ3n) is 3.14. The number of carboxylic acids is 1. The van der Waals surface area contributed by atoms with Crippen molar-refractivity contribution in [3.63, 3.8) is 0 Å². The van der Waals surface area contributed by atoms with Gasteiger partial charge in [-0.1, -0.05) is 30.3 Å².